The predicted molar refractivity (Wildman–Crippen MR) is 66.1 cm³/mol. The van der Waals surface area contributed by atoms with Crippen LogP contribution < -0.4 is 5.32 Å². The highest BCUT2D eigenvalue weighted by Crippen LogP contribution is 2.13. The number of carbonyl (C=O) groups is 1. The number of hydrogen-bond acceptors (Lipinski definition) is 2. The SMILES string of the molecule is Cc1ccccc1C(=O)NCc1ccc(Cl)o1. The third-order valence-corrected chi connectivity index (χ3v) is 2.64. The number of aryl methyl sites for hydroxylation is 1. The van der Waals surface area contributed by atoms with Gasteiger partial charge in [0, 0.05) is 5.56 Å². The van der Waals surface area contributed by atoms with E-state index in [9.17, 15) is 4.79 Å². The minimum Gasteiger partial charge on any atom is -0.448 e. The molecule has 0 fully saturated rings. The first kappa shape index (κ1) is 11.7. The quantitative estimate of drug-likeness (QED) is 0.908. The molecule has 88 valence electrons. The molecule has 0 unspecified atom stereocenters. The number of halogens is 1. The van der Waals surface area contributed by atoms with Gasteiger partial charge in [-0.3, -0.25) is 4.79 Å². The third kappa shape index (κ3) is 2.88. The van der Waals surface area contributed by atoms with Gasteiger partial charge in [-0.05, 0) is 42.3 Å². The Balaban J connectivity index is 2.01. The van der Waals surface area contributed by atoms with Crippen molar-refractivity contribution >= 4 is 17.5 Å². The molecular formula is C13H12ClNO2. The minimum absolute atomic E-state index is 0.115. The number of rotatable bonds is 3. The molecule has 3 nitrogen and oxygen atoms in total. The molecule has 0 saturated heterocycles. The summed E-state index contributed by atoms with van der Waals surface area (Å²) in [7, 11) is 0. The standard InChI is InChI=1S/C13H12ClNO2/c1-9-4-2-3-5-11(9)13(16)15-8-10-6-7-12(14)17-10/h2-7H,8H2,1H3,(H,15,16). The molecular weight excluding hydrogens is 238 g/mol. The first-order chi connectivity index (χ1) is 8.16. The lowest BCUT2D eigenvalue weighted by Crippen LogP contribution is -2.23. The molecule has 1 heterocycles. The average Bonchev–Trinajstić information content (AvgIpc) is 2.73. The number of nitrogens with one attached hydrogen (secondary N) is 1. The first-order valence-electron chi connectivity index (χ1n) is 5.25. The molecule has 0 aliphatic heterocycles. The lowest BCUT2D eigenvalue weighted by atomic mass is 10.1. The summed E-state index contributed by atoms with van der Waals surface area (Å²) in [5.74, 6) is 0.521. The fraction of sp³-hybridized carbons (Fsp3) is 0.154. The van der Waals surface area contributed by atoms with Gasteiger partial charge in [0.25, 0.3) is 5.91 Å². The molecule has 0 radical (unpaired) electrons. The van der Waals surface area contributed by atoms with E-state index >= 15 is 0 Å². The van der Waals surface area contributed by atoms with Gasteiger partial charge in [0.15, 0.2) is 5.22 Å². The number of benzene rings is 1. The van der Waals surface area contributed by atoms with E-state index in [1.807, 2.05) is 25.1 Å². The average molecular weight is 250 g/mol. The molecule has 0 bridgehead atoms. The van der Waals surface area contributed by atoms with Crippen molar-refractivity contribution in [3.05, 3.63) is 58.5 Å². The number of hydrogen-bond donors (Lipinski definition) is 1. The normalized spacial score (nSPS) is 10.2. The minimum atomic E-state index is -0.115. The van der Waals surface area contributed by atoms with Crippen molar-refractivity contribution < 1.29 is 9.21 Å². The van der Waals surface area contributed by atoms with Crippen molar-refractivity contribution in [2.75, 3.05) is 0 Å². The molecule has 1 aromatic heterocycles. The molecule has 0 aliphatic carbocycles. The largest absolute Gasteiger partial charge is 0.448 e. The molecule has 2 aromatic rings. The van der Waals surface area contributed by atoms with E-state index in [0.29, 0.717) is 23.1 Å². The van der Waals surface area contributed by atoms with Gasteiger partial charge in [-0.15, -0.1) is 0 Å². The van der Waals surface area contributed by atoms with E-state index in [1.54, 1.807) is 18.2 Å². The van der Waals surface area contributed by atoms with Gasteiger partial charge in [0.2, 0.25) is 0 Å². The van der Waals surface area contributed by atoms with Gasteiger partial charge in [0.1, 0.15) is 5.76 Å². The van der Waals surface area contributed by atoms with Gasteiger partial charge in [-0.2, -0.15) is 0 Å². The van der Waals surface area contributed by atoms with Gasteiger partial charge in [-0.25, -0.2) is 0 Å². The molecule has 0 atom stereocenters. The number of carbonyl (C=O) groups excluding carboxylic acids is 1. The number of amides is 1. The molecule has 0 saturated carbocycles. The van der Waals surface area contributed by atoms with Gasteiger partial charge in [0.05, 0.1) is 6.54 Å². The molecule has 17 heavy (non-hydrogen) atoms. The Morgan fingerprint density at radius 1 is 1.29 bits per heavy atom. The Bertz CT molecular complexity index is 534. The molecule has 1 aromatic carbocycles. The van der Waals surface area contributed by atoms with E-state index < -0.39 is 0 Å². The Labute approximate surface area is 104 Å². The van der Waals surface area contributed by atoms with Crippen LogP contribution in [0, 0.1) is 6.92 Å². The fourth-order valence-electron chi connectivity index (χ4n) is 1.54. The van der Waals surface area contributed by atoms with Crippen LogP contribution in [-0.4, -0.2) is 5.91 Å². The van der Waals surface area contributed by atoms with Crippen LogP contribution >= 0.6 is 11.6 Å². The van der Waals surface area contributed by atoms with Crippen LogP contribution in [0.15, 0.2) is 40.8 Å². The van der Waals surface area contributed by atoms with Crippen LogP contribution in [0.1, 0.15) is 21.7 Å². The van der Waals surface area contributed by atoms with Crippen molar-refractivity contribution in [3.63, 3.8) is 0 Å². The van der Waals surface area contributed by atoms with Crippen molar-refractivity contribution in [2.24, 2.45) is 0 Å². The van der Waals surface area contributed by atoms with E-state index in [2.05, 4.69) is 5.32 Å². The monoisotopic (exact) mass is 249 g/mol. The predicted octanol–water partition coefficient (Wildman–Crippen LogP) is 3.17. The Morgan fingerprint density at radius 2 is 2.06 bits per heavy atom. The van der Waals surface area contributed by atoms with E-state index in [1.165, 1.54) is 0 Å². The second kappa shape index (κ2) is 5.06. The van der Waals surface area contributed by atoms with Crippen molar-refractivity contribution in [1.82, 2.24) is 5.32 Å². The van der Waals surface area contributed by atoms with E-state index in [0.717, 1.165) is 5.56 Å². The van der Waals surface area contributed by atoms with E-state index in [-0.39, 0.29) is 5.91 Å². The smallest absolute Gasteiger partial charge is 0.251 e. The summed E-state index contributed by atoms with van der Waals surface area (Å²) < 4.78 is 5.15. The topological polar surface area (TPSA) is 42.2 Å². The van der Waals surface area contributed by atoms with Crippen molar-refractivity contribution in [1.29, 1.82) is 0 Å². The highest BCUT2D eigenvalue weighted by atomic mass is 35.5. The van der Waals surface area contributed by atoms with Gasteiger partial charge >= 0.3 is 0 Å². The maximum atomic E-state index is 11.9. The van der Waals surface area contributed by atoms with Crippen molar-refractivity contribution in [2.45, 2.75) is 13.5 Å². The summed E-state index contributed by atoms with van der Waals surface area (Å²) in [6, 6.07) is 10.8. The molecule has 4 heteroatoms. The lowest BCUT2D eigenvalue weighted by molar-refractivity contribution is 0.0947. The maximum Gasteiger partial charge on any atom is 0.251 e. The summed E-state index contributed by atoms with van der Waals surface area (Å²) in [6.07, 6.45) is 0. The van der Waals surface area contributed by atoms with Crippen LogP contribution in [-0.2, 0) is 6.54 Å². The zero-order valence-corrected chi connectivity index (χ0v) is 10.1. The fourth-order valence-corrected chi connectivity index (χ4v) is 1.70. The number of furan rings is 1. The summed E-state index contributed by atoms with van der Waals surface area (Å²) in [4.78, 5) is 11.9. The van der Waals surface area contributed by atoms with Crippen LogP contribution in [0.2, 0.25) is 5.22 Å². The highest BCUT2D eigenvalue weighted by molar-refractivity contribution is 6.28. The molecule has 1 amide bonds. The highest BCUT2D eigenvalue weighted by Gasteiger charge is 2.08. The molecule has 0 aliphatic rings. The van der Waals surface area contributed by atoms with Crippen LogP contribution in [0.3, 0.4) is 0 Å². The second-order valence-electron chi connectivity index (χ2n) is 3.70. The summed E-state index contributed by atoms with van der Waals surface area (Å²) in [6.45, 7) is 2.23. The van der Waals surface area contributed by atoms with Gasteiger partial charge < -0.3 is 9.73 Å². The van der Waals surface area contributed by atoms with E-state index in [4.69, 9.17) is 16.0 Å². The maximum absolute atomic E-state index is 11.9. The Kier molecular flexibility index (Phi) is 3.49. The Hall–Kier alpha value is -1.74. The second-order valence-corrected chi connectivity index (χ2v) is 4.08. The summed E-state index contributed by atoms with van der Waals surface area (Å²) in [5, 5.41) is 3.10. The Morgan fingerprint density at radius 3 is 2.71 bits per heavy atom. The van der Waals surface area contributed by atoms with Gasteiger partial charge in [-0.1, -0.05) is 18.2 Å². The summed E-state index contributed by atoms with van der Waals surface area (Å²) >= 11 is 5.64. The van der Waals surface area contributed by atoms with Crippen LogP contribution in [0.25, 0.3) is 0 Å². The molecule has 0 spiro atoms. The zero-order chi connectivity index (χ0) is 12.3. The molecule has 2 rings (SSSR count). The summed E-state index contributed by atoms with van der Waals surface area (Å²) in [5.41, 5.74) is 1.62. The molecule has 1 N–H and O–H groups in total. The van der Waals surface area contributed by atoms with Crippen molar-refractivity contribution in [3.8, 4) is 0 Å². The third-order valence-electron chi connectivity index (χ3n) is 2.44. The van der Waals surface area contributed by atoms with Crippen LogP contribution in [0.4, 0.5) is 0 Å². The first-order valence-corrected chi connectivity index (χ1v) is 5.62. The zero-order valence-electron chi connectivity index (χ0n) is 9.37. The lowest BCUT2D eigenvalue weighted by Gasteiger charge is -2.05. The van der Waals surface area contributed by atoms with Crippen LogP contribution in [0.5, 0.6) is 0 Å².